The molecule has 2 heterocycles. The molecule has 0 spiro atoms. The molecule has 3 rings (SSSR count). The van der Waals surface area contributed by atoms with Gasteiger partial charge in [0.1, 0.15) is 0 Å². The van der Waals surface area contributed by atoms with Crippen LogP contribution in [0.15, 0.2) is 30.3 Å². The van der Waals surface area contributed by atoms with Crippen LogP contribution in [-0.4, -0.2) is 40.0 Å². The zero-order valence-corrected chi connectivity index (χ0v) is 15.0. The highest BCUT2D eigenvalue weighted by Gasteiger charge is 2.23. The lowest BCUT2D eigenvalue weighted by atomic mass is 10.1. The van der Waals surface area contributed by atoms with E-state index in [1.54, 1.807) is 0 Å². The summed E-state index contributed by atoms with van der Waals surface area (Å²) in [7, 11) is 0. The summed E-state index contributed by atoms with van der Waals surface area (Å²) in [6.07, 6.45) is 3.90. The third kappa shape index (κ3) is 4.45. The van der Waals surface area contributed by atoms with Crippen LogP contribution in [0.1, 0.15) is 54.0 Å². The van der Waals surface area contributed by atoms with Crippen LogP contribution in [0, 0.1) is 6.92 Å². The summed E-state index contributed by atoms with van der Waals surface area (Å²) in [5.74, 6) is -0.127. The maximum atomic E-state index is 12.5. The van der Waals surface area contributed by atoms with Crippen molar-refractivity contribution in [1.82, 2.24) is 25.6 Å². The van der Waals surface area contributed by atoms with Crippen LogP contribution in [0.2, 0.25) is 0 Å². The summed E-state index contributed by atoms with van der Waals surface area (Å²) in [6, 6.07) is 10.8. The van der Waals surface area contributed by atoms with Crippen molar-refractivity contribution in [2.24, 2.45) is 0 Å². The molecule has 1 fully saturated rings. The molecule has 0 radical (unpaired) electrons. The molecule has 1 aliphatic rings. The third-order valence-corrected chi connectivity index (χ3v) is 4.88. The van der Waals surface area contributed by atoms with Crippen LogP contribution in [-0.2, 0) is 6.42 Å². The van der Waals surface area contributed by atoms with Crippen molar-refractivity contribution in [2.75, 3.05) is 13.1 Å². The smallest absolute Gasteiger partial charge is 0.273 e. The monoisotopic (exact) mass is 341 g/mol. The SMILES string of the molecule is Cc1c(C(=O)NC(C)CCc2ccccc2)nnn1C1CCNCC1. The summed E-state index contributed by atoms with van der Waals surface area (Å²) >= 11 is 0. The average molecular weight is 341 g/mol. The lowest BCUT2D eigenvalue weighted by Gasteiger charge is -2.23. The van der Waals surface area contributed by atoms with Gasteiger partial charge in [0.05, 0.1) is 11.7 Å². The first-order valence-electron chi connectivity index (χ1n) is 9.12. The van der Waals surface area contributed by atoms with Crippen LogP contribution in [0.5, 0.6) is 0 Å². The van der Waals surface area contributed by atoms with Crippen LogP contribution >= 0.6 is 0 Å². The van der Waals surface area contributed by atoms with E-state index in [1.165, 1.54) is 5.56 Å². The maximum absolute atomic E-state index is 12.5. The normalized spacial score (nSPS) is 16.6. The van der Waals surface area contributed by atoms with E-state index in [1.807, 2.05) is 36.7 Å². The molecule has 1 atom stereocenters. The summed E-state index contributed by atoms with van der Waals surface area (Å²) < 4.78 is 1.92. The summed E-state index contributed by atoms with van der Waals surface area (Å²) in [4.78, 5) is 12.5. The van der Waals surface area contributed by atoms with Crippen molar-refractivity contribution in [2.45, 2.75) is 51.6 Å². The summed E-state index contributed by atoms with van der Waals surface area (Å²) in [5, 5.41) is 14.8. The van der Waals surface area contributed by atoms with Crippen LogP contribution in [0.4, 0.5) is 0 Å². The number of nitrogens with zero attached hydrogens (tertiary/aromatic N) is 3. The van der Waals surface area contributed by atoms with Gasteiger partial charge in [-0.1, -0.05) is 35.5 Å². The Bertz CT molecular complexity index is 691. The van der Waals surface area contributed by atoms with Gasteiger partial charge in [-0.3, -0.25) is 4.79 Å². The van der Waals surface area contributed by atoms with E-state index in [-0.39, 0.29) is 11.9 Å². The molecule has 6 nitrogen and oxygen atoms in total. The molecule has 1 aromatic carbocycles. The highest BCUT2D eigenvalue weighted by molar-refractivity contribution is 5.93. The number of piperidine rings is 1. The fourth-order valence-corrected chi connectivity index (χ4v) is 3.34. The molecule has 2 N–H and O–H groups in total. The van der Waals surface area contributed by atoms with Crippen LogP contribution < -0.4 is 10.6 Å². The van der Waals surface area contributed by atoms with Crippen molar-refractivity contribution in [3.05, 3.63) is 47.3 Å². The molecule has 0 saturated carbocycles. The minimum absolute atomic E-state index is 0.0936. The van der Waals surface area contributed by atoms with Gasteiger partial charge in [-0.25, -0.2) is 4.68 Å². The summed E-state index contributed by atoms with van der Waals surface area (Å²) in [5.41, 5.74) is 2.60. The largest absolute Gasteiger partial charge is 0.348 e. The van der Waals surface area contributed by atoms with Gasteiger partial charge in [-0.05, 0) is 58.2 Å². The Morgan fingerprint density at radius 2 is 2.04 bits per heavy atom. The third-order valence-electron chi connectivity index (χ3n) is 4.88. The highest BCUT2D eigenvalue weighted by atomic mass is 16.2. The number of aromatic nitrogens is 3. The lowest BCUT2D eigenvalue weighted by Crippen LogP contribution is -2.34. The molecule has 25 heavy (non-hydrogen) atoms. The van der Waals surface area contributed by atoms with Crippen molar-refractivity contribution >= 4 is 5.91 Å². The second-order valence-electron chi connectivity index (χ2n) is 6.85. The fourth-order valence-electron chi connectivity index (χ4n) is 3.34. The Morgan fingerprint density at radius 1 is 1.32 bits per heavy atom. The molecule has 1 aromatic heterocycles. The van der Waals surface area contributed by atoms with E-state index in [9.17, 15) is 4.79 Å². The van der Waals surface area contributed by atoms with E-state index in [0.717, 1.165) is 44.5 Å². The lowest BCUT2D eigenvalue weighted by molar-refractivity contribution is 0.0932. The molecule has 2 aromatic rings. The van der Waals surface area contributed by atoms with Gasteiger partial charge < -0.3 is 10.6 Å². The molecule has 0 bridgehead atoms. The standard InChI is InChI=1S/C19H27N5O/c1-14(8-9-16-6-4-3-5-7-16)21-19(25)18-15(2)24(23-22-18)17-10-12-20-13-11-17/h3-7,14,17,20H,8-13H2,1-2H3,(H,21,25). The maximum Gasteiger partial charge on any atom is 0.273 e. The molecule has 6 heteroatoms. The van der Waals surface area contributed by atoms with Gasteiger partial charge in [-0.15, -0.1) is 5.10 Å². The van der Waals surface area contributed by atoms with E-state index in [0.29, 0.717) is 11.7 Å². The minimum atomic E-state index is -0.127. The predicted octanol–water partition coefficient (Wildman–Crippen LogP) is 2.26. The number of hydrogen-bond donors (Lipinski definition) is 2. The van der Waals surface area contributed by atoms with Gasteiger partial charge >= 0.3 is 0 Å². The van der Waals surface area contributed by atoms with Gasteiger partial charge in [0.15, 0.2) is 5.69 Å². The Hall–Kier alpha value is -2.21. The Kier molecular flexibility index (Phi) is 5.81. The van der Waals surface area contributed by atoms with Gasteiger partial charge in [-0.2, -0.15) is 0 Å². The van der Waals surface area contributed by atoms with Crippen molar-refractivity contribution < 1.29 is 4.79 Å². The number of aryl methyl sites for hydroxylation is 1. The molecule has 1 saturated heterocycles. The number of nitrogens with one attached hydrogen (secondary N) is 2. The zero-order chi connectivity index (χ0) is 17.6. The number of carbonyl (C=O) groups excluding carboxylic acids is 1. The van der Waals surface area contributed by atoms with E-state index in [2.05, 4.69) is 33.1 Å². The molecule has 0 aliphatic carbocycles. The van der Waals surface area contributed by atoms with E-state index >= 15 is 0 Å². The number of rotatable bonds is 6. The van der Waals surface area contributed by atoms with Crippen molar-refractivity contribution in [3.8, 4) is 0 Å². The van der Waals surface area contributed by atoms with Crippen LogP contribution in [0.25, 0.3) is 0 Å². The Balaban J connectivity index is 1.56. The number of benzene rings is 1. The fraction of sp³-hybridized carbons (Fsp3) is 0.526. The van der Waals surface area contributed by atoms with Gasteiger partial charge in [0.25, 0.3) is 5.91 Å². The Labute approximate surface area is 149 Å². The second kappa shape index (κ2) is 8.25. The predicted molar refractivity (Wildman–Crippen MR) is 97.6 cm³/mol. The van der Waals surface area contributed by atoms with Gasteiger partial charge in [0, 0.05) is 6.04 Å². The highest BCUT2D eigenvalue weighted by Crippen LogP contribution is 2.20. The molecule has 1 unspecified atom stereocenters. The number of amides is 1. The van der Waals surface area contributed by atoms with E-state index in [4.69, 9.17) is 0 Å². The zero-order valence-electron chi connectivity index (χ0n) is 15.0. The quantitative estimate of drug-likeness (QED) is 0.845. The molecule has 1 amide bonds. The van der Waals surface area contributed by atoms with Gasteiger partial charge in [0.2, 0.25) is 0 Å². The topological polar surface area (TPSA) is 71.8 Å². The van der Waals surface area contributed by atoms with Crippen molar-refractivity contribution in [1.29, 1.82) is 0 Å². The molecule has 1 aliphatic heterocycles. The number of carbonyl (C=O) groups is 1. The first-order chi connectivity index (χ1) is 12.1. The molecular weight excluding hydrogens is 314 g/mol. The average Bonchev–Trinajstić information content (AvgIpc) is 3.03. The molecular formula is C19H27N5O. The summed E-state index contributed by atoms with van der Waals surface area (Å²) in [6.45, 7) is 5.95. The Morgan fingerprint density at radius 3 is 2.76 bits per heavy atom. The molecule has 134 valence electrons. The van der Waals surface area contributed by atoms with E-state index < -0.39 is 0 Å². The second-order valence-corrected chi connectivity index (χ2v) is 6.85. The first-order valence-corrected chi connectivity index (χ1v) is 9.12. The minimum Gasteiger partial charge on any atom is -0.348 e. The first kappa shape index (κ1) is 17.6. The number of hydrogen-bond acceptors (Lipinski definition) is 4. The van der Waals surface area contributed by atoms with Crippen LogP contribution in [0.3, 0.4) is 0 Å². The van der Waals surface area contributed by atoms with Crippen molar-refractivity contribution in [3.63, 3.8) is 0 Å².